The van der Waals surface area contributed by atoms with E-state index in [2.05, 4.69) is 15.9 Å². The van der Waals surface area contributed by atoms with E-state index in [-0.39, 0.29) is 17.5 Å². The summed E-state index contributed by atoms with van der Waals surface area (Å²) in [6.07, 6.45) is 1.37. The van der Waals surface area contributed by atoms with E-state index >= 15 is 0 Å². The van der Waals surface area contributed by atoms with E-state index < -0.39 is 0 Å². The Morgan fingerprint density at radius 3 is 2.82 bits per heavy atom. The van der Waals surface area contributed by atoms with Crippen molar-refractivity contribution in [2.75, 3.05) is 6.54 Å². The lowest BCUT2D eigenvalue weighted by molar-refractivity contribution is -0.133. The van der Waals surface area contributed by atoms with Gasteiger partial charge >= 0.3 is 0 Å². The van der Waals surface area contributed by atoms with Crippen LogP contribution in [-0.2, 0) is 11.2 Å². The number of likely N-dealkylation sites (tertiary alicyclic amines) is 1. The molecule has 94 valence electrons. The second-order valence-electron chi connectivity index (χ2n) is 4.98. The normalized spacial score (nSPS) is 23.1. The predicted octanol–water partition coefficient (Wildman–Crippen LogP) is 2.39. The third kappa shape index (κ3) is 2.56. The maximum absolute atomic E-state index is 12.2. The smallest absolute Gasteiger partial charge is 0.228 e. The van der Waals surface area contributed by atoms with Gasteiger partial charge in [-0.15, -0.1) is 11.3 Å². The molecule has 0 bridgehead atoms. The second-order valence-corrected chi connectivity index (χ2v) is 7.52. The molecule has 0 aliphatic carbocycles. The lowest BCUT2D eigenvalue weighted by Crippen LogP contribution is -2.51. The Kier molecular flexibility index (Phi) is 3.61. The molecule has 1 unspecified atom stereocenters. The molecule has 1 saturated heterocycles. The zero-order chi connectivity index (χ0) is 12.6. The highest BCUT2D eigenvalue weighted by molar-refractivity contribution is 9.11. The summed E-state index contributed by atoms with van der Waals surface area (Å²) in [6, 6.07) is 4.06. The van der Waals surface area contributed by atoms with Crippen LogP contribution in [0.15, 0.2) is 15.9 Å². The van der Waals surface area contributed by atoms with Gasteiger partial charge in [-0.2, -0.15) is 0 Å². The third-order valence-electron chi connectivity index (χ3n) is 3.52. The van der Waals surface area contributed by atoms with Gasteiger partial charge in [0, 0.05) is 17.5 Å². The van der Waals surface area contributed by atoms with Gasteiger partial charge in [0.1, 0.15) is 0 Å². The largest absolute Gasteiger partial charge is 0.336 e. The fraction of sp³-hybridized carbons (Fsp3) is 0.583. The predicted molar refractivity (Wildman–Crippen MR) is 74.1 cm³/mol. The highest BCUT2D eigenvalue weighted by Gasteiger charge is 2.41. The highest BCUT2D eigenvalue weighted by atomic mass is 79.9. The van der Waals surface area contributed by atoms with E-state index in [0.717, 1.165) is 21.6 Å². The number of carbonyl (C=O) groups is 1. The number of nitrogens with two attached hydrogens (primary N) is 1. The summed E-state index contributed by atoms with van der Waals surface area (Å²) in [5.41, 5.74) is 5.82. The van der Waals surface area contributed by atoms with Crippen molar-refractivity contribution in [3.05, 3.63) is 20.8 Å². The van der Waals surface area contributed by atoms with Crippen molar-refractivity contribution < 1.29 is 4.79 Å². The number of amides is 1. The van der Waals surface area contributed by atoms with Crippen molar-refractivity contribution in [3.8, 4) is 0 Å². The SMILES string of the molecule is CC1(C)C(N)CCN1C(=O)Cc1ccc(Br)s1. The van der Waals surface area contributed by atoms with Gasteiger partial charge in [0.15, 0.2) is 0 Å². The van der Waals surface area contributed by atoms with Crippen LogP contribution in [0.25, 0.3) is 0 Å². The molecule has 0 radical (unpaired) electrons. The van der Waals surface area contributed by atoms with E-state index in [9.17, 15) is 4.79 Å². The van der Waals surface area contributed by atoms with Gasteiger partial charge in [-0.1, -0.05) is 0 Å². The van der Waals surface area contributed by atoms with Gasteiger partial charge in [-0.3, -0.25) is 4.79 Å². The standard InChI is InChI=1S/C12H17BrN2OS/c1-12(2)9(14)5-6-15(12)11(16)7-8-3-4-10(13)17-8/h3-4,9H,5-7,14H2,1-2H3. The van der Waals surface area contributed by atoms with Gasteiger partial charge < -0.3 is 10.6 Å². The summed E-state index contributed by atoms with van der Waals surface area (Å²) in [4.78, 5) is 15.3. The minimum atomic E-state index is -0.217. The zero-order valence-corrected chi connectivity index (χ0v) is 12.5. The van der Waals surface area contributed by atoms with Crippen LogP contribution in [0.1, 0.15) is 25.1 Å². The van der Waals surface area contributed by atoms with Crippen molar-refractivity contribution >= 4 is 33.2 Å². The molecule has 0 spiro atoms. The molecule has 1 aromatic heterocycles. The Balaban J connectivity index is 2.06. The molecule has 1 aliphatic rings. The van der Waals surface area contributed by atoms with Crippen molar-refractivity contribution in [2.24, 2.45) is 5.73 Å². The summed E-state index contributed by atoms with van der Waals surface area (Å²) >= 11 is 5.02. The van der Waals surface area contributed by atoms with Crippen LogP contribution < -0.4 is 5.73 Å². The molecule has 0 aromatic carbocycles. The van der Waals surface area contributed by atoms with E-state index in [1.807, 2.05) is 30.9 Å². The molecule has 2 N–H and O–H groups in total. The molecule has 2 heterocycles. The molecule has 3 nitrogen and oxygen atoms in total. The van der Waals surface area contributed by atoms with E-state index in [1.54, 1.807) is 11.3 Å². The van der Waals surface area contributed by atoms with Crippen molar-refractivity contribution in [2.45, 2.75) is 38.3 Å². The van der Waals surface area contributed by atoms with Gasteiger partial charge in [-0.05, 0) is 48.3 Å². The van der Waals surface area contributed by atoms with Crippen molar-refractivity contribution in [1.29, 1.82) is 0 Å². The van der Waals surface area contributed by atoms with E-state index in [0.29, 0.717) is 6.42 Å². The van der Waals surface area contributed by atoms with Gasteiger partial charge in [0.25, 0.3) is 0 Å². The number of hydrogen-bond acceptors (Lipinski definition) is 3. The first-order valence-corrected chi connectivity index (χ1v) is 7.32. The Morgan fingerprint density at radius 1 is 1.65 bits per heavy atom. The van der Waals surface area contributed by atoms with Crippen LogP contribution in [0.4, 0.5) is 0 Å². The molecule has 17 heavy (non-hydrogen) atoms. The van der Waals surface area contributed by atoms with Gasteiger partial charge in [-0.25, -0.2) is 0 Å². The molecule has 1 aliphatic heterocycles. The summed E-state index contributed by atoms with van der Waals surface area (Å²) in [6.45, 7) is 4.87. The van der Waals surface area contributed by atoms with Crippen LogP contribution >= 0.6 is 27.3 Å². The molecule has 1 atom stereocenters. The van der Waals surface area contributed by atoms with Crippen LogP contribution in [0.5, 0.6) is 0 Å². The molecule has 1 aromatic rings. The molecule has 1 fully saturated rings. The lowest BCUT2D eigenvalue weighted by atomic mass is 9.96. The quantitative estimate of drug-likeness (QED) is 0.910. The van der Waals surface area contributed by atoms with Gasteiger partial charge in [0.2, 0.25) is 5.91 Å². The van der Waals surface area contributed by atoms with E-state index in [4.69, 9.17) is 5.73 Å². The molecular formula is C12H17BrN2OS. The first-order chi connectivity index (χ1) is 7.91. The first kappa shape index (κ1) is 13.1. The maximum atomic E-state index is 12.2. The summed E-state index contributed by atoms with van der Waals surface area (Å²) in [7, 11) is 0. The average molecular weight is 317 g/mol. The van der Waals surface area contributed by atoms with Crippen LogP contribution in [0.3, 0.4) is 0 Å². The Hall–Kier alpha value is -0.390. The zero-order valence-electron chi connectivity index (χ0n) is 10.1. The molecule has 0 saturated carbocycles. The molecule has 5 heteroatoms. The number of thiophene rings is 1. The number of halogens is 1. The van der Waals surface area contributed by atoms with Crippen LogP contribution in [0, 0.1) is 0 Å². The number of nitrogens with zero attached hydrogens (tertiary/aromatic N) is 1. The Morgan fingerprint density at radius 2 is 2.35 bits per heavy atom. The van der Waals surface area contributed by atoms with E-state index in [1.165, 1.54) is 0 Å². The fourth-order valence-corrected chi connectivity index (χ4v) is 3.72. The maximum Gasteiger partial charge on any atom is 0.228 e. The molecular weight excluding hydrogens is 300 g/mol. The minimum absolute atomic E-state index is 0.0847. The highest BCUT2D eigenvalue weighted by Crippen LogP contribution is 2.29. The Bertz CT molecular complexity index is 430. The molecule has 2 rings (SSSR count). The summed E-state index contributed by atoms with van der Waals surface area (Å²) in [5.74, 6) is 0.178. The topological polar surface area (TPSA) is 46.3 Å². The minimum Gasteiger partial charge on any atom is -0.336 e. The number of hydrogen-bond donors (Lipinski definition) is 1. The second kappa shape index (κ2) is 4.71. The van der Waals surface area contributed by atoms with Gasteiger partial charge in [0.05, 0.1) is 15.7 Å². The number of carbonyl (C=O) groups excluding carboxylic acids is 1. The van der Waals surface area contributed by atoms with Crippen LogP contribution in [0.2, 0.25) is 0 Å². The summed E-state index contributed by atoms with van der Waals surface area (Å²) < 4.78 is 1.07. The molecule has 1 amide bonds. The van der Waals surface area contributed by atoms with Crippen LogP contribution in [-0.4, -0.2) is 28.9 Å². The lowest BCUT2D eigenvalue weighted by Gasteiger charge is -2.34. The average Bonchev–Trinajstić information content (AvgIpc) is 2.73. The summed E-state index contributed by atoms with van der Waals surface area (Å²) in [5, 5.41) is 0. The van der Waals surface area contributed by atoms with Crippen molar-refractivity contribution in [3.63, 3.8) is 0 Å². The first-order valence-electron chi connectivity index (χ1n) is 5.71. The fourth-order valence-electron chi connectivity index (χ4n) is 2.25. The van der Waals surface area contributed by atoms with Crippen molar-refractivity contribution in [1.82, 2.24) is 4.90 Å². The third-order valence-corrected chi connectivity index (χ3v) is 5.15. The number of rotatable bonds is 2. The Labute approximate surface area is 114 Å². The monoisotopic (exact) mass is 316 g/mol.